The maximum atomic E-state index is 12.7. The van der Waals surface area contributed by atoms with Gasteiger partial charge in [0.2, 0.25) is 5.16 Å². The minimum Gasteiger partial charge on any atom is -0.251 e. The summed E-state index contributed by atoms with van der Waals surface area (Å²) in [7, 11) is -1.28. The Hall–Kier alpha value is -1.63. The molecule has 7 heteroatoms. The van der Waals surface area contributed by atoms with Gasteiger partial charge in [-0.25, -0.2) is 4.39 Å². The molecule has 0 spiro atoms. The molecule has 2 rings (SSSR count). The first-order valence-electron chi connectivity index (χ1n) is 4.06. The SMILES string of the molecule is CS(=O)c1nnnn1-c1ccc(F)cc1. The molecule has 2 aromatic rings. The molecule has 1 heterocycles. The minimum absolute atomic E-state index is 0.238. The maximum Gasteiger partial charge on any atom is 0.244 e. The van der Waals surface area contributed by atoms with Crippen molar-refractivity contribution < 1.29 is 8.60 Å². The molecule has 1 unspecified atom stereocenters. The van der Waals surface area contributed by atoms with Gasteiger partial charge in [-0.1, -0.05) is 5.10 Å². The second kappa shape index (κ2) is 3.85. The first-order valence-corrected chi connectivity index (χ1v) is 5.62. The lowest BCUT2D eigenvalue weighted by atomic mass is 10.3. The third-order valence-electron chi connectivity index (χ3n) is 1.77. The predicted molar refractivity (Wildman–Crippen MR) is 51.4 cm³/mol. The van der Waals surface area contributed by atoms with Crippen molar-refractivity contribution in [1.82, 2.24) is 20.2 Å². The van der Waals surface area contributed by atoms with E-state index in [9.17, 15) is 8.60 Å². The van der Waals surface area contributed by atoms with Crippen molar-refractivity contribution in [3.8, 4) is 5.69 Å². The zero-order chi connectivity index (χ0) is 10.8. The number of hydrogen-bond acceptors (Lipinski definition) is 4. The van der Waals surface area contributed by atoms with Gasteiger partial charge in [-0.05, 0) is 34.7 Å². The Morgan fingerprint density at radius 3 is 2.60 bits per heavy atom. The molecule has 0 aliphatic heterocycles. The molecule has 1 atom stereocenters. The monoisotopic (exact) mass is 226 g/mol. The van der Waals surface area contributed by atoms with Crippen LogP contribution in [0.3, 0.4) is 0 Å². The van der Waals surface area contributed by atoms with Gasteiger partial charge >= 0.3 is 0 Å². The van der Waals surface area contributed by atoms with E-state index in [4.69, 9.17) is 0 Å². The summed E-state index contributed by atoms with van der Waals surface area (Å²) in [5.41, 5.74) is 0.576. The van der Waals surface area contributed by atoms with E-state index < -0.39 is 10.8 Å². The highest BCUT2D eigenvalue weighted by Crippen LogP contribution is 2.10. The highest BCUT2D eigenvalue weighted by Gasteiger charge is 2.10. The largest absolute Gasteiger partial charge is 0.251 e. The summed E-state index contributed by atoms with van der Waals surface area (Å²) in [6, 6.07) is 5.61. The molecule has 0 bridgehead atoms. The Morgan fingerprint density at radius 1 is 1.33 bits per heavy atom. The summed E-state index contributed by atoms with van der Waals surface area (Å²) in [6.45, 7) is 0. The first-order chi connectivity index (χ1) is 7.18. The molecule has 0 aliphatic carbocycles. The molecule has 0 saturated carbocycles. The van der Waals surface area contributed by atoms with Crippen molar-refractivity contribution in [2.75, 3.05) is 6.26 Å². The van der Waals surface area contributed by atoms with Crippen molar-refractivity contribution in [2.24, 2.45) is 0 Å². The molecule has 0 amide bonds. The fraction of sp³-hybridized carbons (Fsp3) is 0.125. The highest BCUT2D eigenvalue weighted by atomic mass is 32.2. The van der Waals surface area contributed by atoms with Crippen LogP contribution in [0.25, 0.3) is 5.69 Å². The maximum absolute atomic E-state index is 12.7. The minimum atomic E-state index is -1.28. The van der Waals surface area contributed by atoms with Crippen molar-refractivity contribution >= 4 is 10.8 Å². The summed E-state index contributed by atoms with van der Waals surface area (Å²) >= 11 is 0. The van der Waals surface area contributed by atoms with Crippen LogP contribution in [0.5, 0.6) is 0 Å². The number of aromatic nitrogens is 4. The smallest absolute Gasteiger partial charge is 0.244 e. The predicted octanol–water partition coefficient (Wildman–Crippen LogP) is 0.539. The van der Waals surface area contributed by atoms with Gasteiger partial charge in [0.05, 0.1) is 16.5 Å². The topological polar surface area (TPSA) is 60.7 Å². The van der Waals surface area contributed by atoms with E-state index in [1.54, 1.807) is 0 Å². The van der Waals surface area contributed by atoms with Crippen LogP contribution in [0.15, 0.2) is 29.4 Å². The third kappa shape index (κ3) is 1.91. The second-order valence-corrected chi connectivity index (χ2v) is 4.08. The second-order valence-electron chi connectivity index (χ2n) is 2.80. The molecule has 15 heavy (non-hydrogen) atoms. The van der Waals surface area contributed by atoms with E-state index in [1.165, 1.54) is 35.2 Å². The molecule has 5 nitrogen and oxygen atoms in total. The summed E-state index contributed by atoms with van der Waals surface area (Å²) in [6.07, 6.45) is 1.48. The van der Waals surface area contributed by atoms with Gasteiger partial charge in [0.15, 0.2) is 0 Å². The van der Waals surface area contributed by atoms with Crippen molar-refractivity contribution in [3.63, 3.8) is 0 Å². The Bertz CT molecular complexity index is 496. The zero-order valence-corrected chi connectivity index (χ0v) is 8.61. The number of tetrazole rings is 1. The van der Waals surface area contributed by atoms with Crippen LogP contribution in [-0.2, 0) is 10.8 Å². The Labute approximate surface area is 87.4 Å². The van der Waals surface area contributed by atoms with Gasteiger partial charge < -0.3 is 0 Å². The fourth-order valence-corrected chi connectivity index (χ4v) is 1.64. The standard InChI is InChI=1S/C8H7FN4OS/c1-15(14)8-10-11-12-13(8)7-4-2-6(9)3-5-7/h2-5H,1H3. The lowest BCUT2D eigenvalue weighted by Gasteiger charge is -2.01. The van der Waals surface area contributed by atoms with Crippen molar-refractivity contribution in [1.29, 1.82) is 0 Å². The van der Waals surface area contributed by atoms with Crippen LogP contribution in [0.4, 0.5) is 4.39 Å². The van der Waals surface area contributed by atoms with Gasteiger partial charge in [-0.3, -0.25) is 4.21 Å². The fourth-order valence-electron chi connectivity index (χ4n) is 1.10. The van der Waals surface area contributed by atoms with E-state index in [1.807, 2.05) is 0 Å². The molecule has 78 valence electrons. The van der Waals surface area contributed by atoms with Crippen LogP contribution < -0.4 is 0 Å². The first kappa shape index (κ1) is 9.91. The number of hydrogen-bond donors (Lipinski definition) is 0. The Balaban J connectivity index is 2.49. The van der Waals surface area contributed by atoms with E-state index in [-0.39, 0.29) is 11.0 Å². The van der Waals surface area contributed by atoms with E-state index in [2.05, 4.69) is 15.5 Å². The molecule has 1 aromatic heterocycles. The van der Waals surface area contributed by atoms with E-state index in [0.29, 0.717) is 5.69 Å². The van der Waals surface area contributed by atoms with Gasteiger partial charge in [-0.15, -0.1) is 0 Å². The lowest BCUT2D eigenvalue weighted by molar-refractivity contribution is 0.626. The molecule has 0 saturated heterocycles. The molecule has 0 radical (unpaired) electrons. The average molecular weight is 226 g/mol. The molecule has 0 N–H and O–H groups in total. The van der Waals surface area contributed by atoms with Crippen LogP contribution in [-0.4, -0.2) is 30.7 Å². The molecule has 0 aliphatic rings. The van der Waals surface area contributed by atoms with Crippen LogP contribution in [0.2, 0.25) is 0 Å². The number of rotatable bonds is 2. The summed E-state index contributed by atoms with van der Waals surface area (Å²) in [5, 5.41) is 11.0. The Kier molecular flexibility index (Phi) is 2.55. The molecule has 0 fully saturated rings. The van der Waals surface area contributed by atoms with Gasteiger partial charge in [0, 0.05) is 6.26 Å². The van der Waals surface area contributed by atoms with Crippen LogP contribution >= 0.6 is 0 Å². The quantitative estimate of drug-likeness (QED) is 0.749. The number of benzene rings is 1. The average Bonchev–Trinajstić information content (AvgIpc) is 2.67. The Morgan fingerprint density at radius 2 is 2.00 bits per heavy atom. The van der Waals surface area contributed by atoms with Crippen molar-refractivity contribution in [3.05, 3.63) is 30.1 Å². The van der Waals surface area contributed by atoms with Crippen LogP contribution in [0, 0.1) is 5.82 Å². The number of nitrogens with zero attached hydrogens (tertiary/aromatic N) is 4. The van der Waals surface area contributed by atoms with E-state index >= 15 is 0 Å². The lowest BCUT2D eigenvalue weighted by Crippen LogP contribution is -2.04. The molecular formula is C8H7FN4OS. The summed E-state index contributed by atoms with van der Waals surface area (Å²) in [5.74, 6) is -0.342. The van der Waals surface area contributed by atoms with Crippen molar-refractivity contribution in [2.45, 2.75) is 5.16 Å². The number of halogens is 1. The molecular weight excluding hydrogens is 219 g/mol. The van der Waals surface area contributed by atoms with E-state index in [0.717, 1.165) is 0 Å². The summed E-state index contributed by atoms with van der Waals surface area (Å²) < 4.78 is 25.2. The van der Waals surface area contributed by atoms with Crippen LogP contribution in [0.1, 0.15) is 0 Å². The normalized spacial score (nSPS) is 12.7. The van der Waals surface area contributed by atoms with Gasteiger partial charge in [0.25, 0.3) is 0 Å². The van der Waals surface area contributed by atoms with Gasteiger partial charge in [-0.2, -0.15) is 4.68 Å². The third-order valence-corrected chi connectivity index (χ3v) is 2.54. The molecule has 1 aromatic carbocycles. The van der Waals surface area contributed by atoms with Gasteiger partial charge in [0.1, 0.15) is 5.82 Å². The summed E-state index contributed by atoms with van der Waals surface area (Å²) in [4.78, 5) is 0. The zero-order valence-electron chi connectivity index (χ0n) is 7.79. The highest BCUT2D eigenvalue weighted by molar-refractivity contribution is 7.84.